The van der Waals surface area contributed by atoms with Crippen LogP contribution < -0.4 is 10.1 Å². The van der Waals surface area contributed by atoms with Crippen molar-refractivity contribution >= 4 is 29.3 Å². The van der Waals surface area contributed by atoms with E-state index in [1.54, 1.807) is 38.3 Å². The molecule has 4 rings (SSSR count). The fourth-order valence-corrected chi connectivity index (χ4v) is 3.91. The van der Waals surface area contributed by atoms with Crippen LogP contribution in [0, 0.1) is 0 Å². The lowest BCUT2D eigenvalue weighted by Gasteiger charge is -2.11. The molecule has 1 N–H and O–H groups in total. The van der Waals surface area contributed by atoms with Crippen molar-refractivity contribution in [2.24, 2.45) is 0 Å². The van der Waals surface area contributed by atoms with Gasteiger partial charge in [-0.05, 0) is 67.6 Å². The molecule has 0 aliphatic rings. The van der Waals surface area contributed by atoms with Crippen LogP contribution in [0.15, 0.2) is 78.2 Å². The van der Waals surface area contributed by atoms with Crippen molar-refractivity contribution in [3.8, 4) is 17.1 Å². The van der Waals surface area contributed by atoms with Crippen LogP contribution in [0.25, 0.3) is 11.4 Å². The molecule has 0 saturated heterocycles. The number of rotatable bonds is 9. The normalized spacial score (nSPS) is 10.6. The average Bonchev–Trinajstić information content (AvgIpc) is 3.53. The summed E-state index contributed by atoms with van der Waals surface area (Å²) in [5.74, 6) is 0.908. The summed E-state index contributed by atoms with van der Waals surface area (Å²) >= 11 is 1.27. The molecule has 34 heavy (non-hydrogen) atoms. The number of anilines is 1. The summed E-state index contributed by atoms with van der Waals surface area (Å²) in [6, 6.07) is 17.9. The Labute approximate surface area is 200 Å². The van der Waals surface area contributed by atoms with Gasteiger partial charge in [0.15, 0.2) is 5.82 Å². The van der Waals surface area contributed by atoms with E-state index >= 15 is 0 Å². The molecule has 0 bridgehead atoms. The molecule has 2 aromatic carbocycles. The maximum absolute atomic E-state index is 12.6. The highest BCUT2D eigenvalue weighted by Gasteiger charge is 2.17. The first kappa shape index (κ1) is 23.1. The third kappa shape index (κ3) is 5.29. The topological polar surface area (TPSA) is 100 Å². The number of nitrogens with zero attached hydrogens (tertiary/aromatic N) is 4. The molecule has 0 fully saturated rings. The van der Waals surface area contributed by atoms with Crippen molar-refractivity contribution in [2.45, 2.75) is 12.1 Å². The van der Waals surface area contributed by atoms with E-state index in [2.05, 4.69) is 15.5 Å². The van der Waals surface area contributed by atoms with Gasteiger partial charge in [0.05, 0.1) is 25.0 Å². The second kappa shape index (κ2) is 10.7. The lowest BCUT2D eigenvalue weighted by Crippen LogP contribution is -2.16. The molecule has 2 aromatic heterocycles. The van der Waals surface area contributed by atoms with Gasteiger partial charge < -0.3 is 14.8 Å². The van der Waals surface area contributed by atoms with Crippen molar-refractivity contribution in [1.29, 1.82) is 0 Å². The monoisotopic (exact) mass is 477 g/mol. The molecule has 9 nitrogen and oxygen atoms in total. The number of ether oxygens (including phenoxy) is 2. The number of carbonyl (C=O) groups excluding carboxylic acids is 2. The number of hydrogen-bond donors (Lipinski definition) is 1. The first-order chi connectivity index (χ1) is 16.6. The first-order valence-electron chi connectivity index (χ1n) is 10.5. The number of methoxy groups -OCH3 is 1. The first-order valence-corrected chi connectivity index (χ1v) is 11.5. The molecule has 0 aliphatic carbocycles. The molecule has 0 spiro atoms. The molecular formula is C24H23N5O4S. The molecule has 2 heterocycles. The number of benzene rings is 2. The predicted octanol–water partition coefficient (Wildman–Crippen LogP) is 3.97. The number of amides is 1. The van der Waals surface area contributed by atoms with Crippen LogP contribution in [0.3, 0.4) is 0 Å². The highest BCUT2D eigenvalue weighted by Crippen LogP contribution is 2.26. The molecule has 1 amide bonds. The standard InChI is InChI=1S/C24H23N5O4S/c1-3-33-23(31)18-6-10-19(11-7-18)25-21(30)16-34-24-27-26-22(29(24)28-14-4-5-15-28)17-8-12-20(32-2)13-9-17/h4-15H,3,16H2,1-2H3,(H,25,30). The second-order valence-corrected chi connectivity index (χ2v) is 7.99. The summed E-state index contributed by atoms with van der Waals surface area (Å²) in [6.07, 6.45) is 3.76. The van der Waals surface area contributed by atoms with Crippen molar-refractivity contribution in [2.75, 3.05) is 24.8 Å². The summed E-state index contributed by atoms with van der Waals surface area (Å²) in [6.45, 7) is 2.06. The molecule has 0 atom stereocenters. The number of nitrogens with one attached hydrogen (secondary N) is 1. The minimum Gasteiger partial charge on any atom is -0.497 e. The van der Waals surface area contributed by atoms with E-state index in [1.165, 1.54) is 11.8 Å². The zero-order valence-corrected chi connectivity index (χ0v) is 19.5. The molecule has 10 heteroatoms. The Morgan fingerprint density at radius 2 is 1.71 bits per heavy atom. The molecule has 0 aliphatic heterocycles. The van der Waals surface area contributed by atoms with E-state index in [-0.39, 0.29) is 11.7 Å². The van der Waals surface area contributed by atoms with E-state index < -0.39 is 5.97 Å². The van der Waals surface area contributed by atoms with E-state index in [0.29, 0.717) is 28.8 Å². The fraction of sp³-hybridized carbons (Fsp3) is 0.167. The molecule has 4 aromatic rings. The van der Waals surface area contributed by atoms with Gasteiger partial charge in [-0.3, -0.25) is 9.47 Å². The number of esters is 1. The van der Waals surface area contributed by atoms with Crippen LogP contribution >= 0.6 is 11.8 Å². The van der Waals surface area contributed by atoms with Crippen LogP contribution in [0.5, 0.6) is 5.75 Å². The number of hydrogen-bond acceptors (Lipinski definition) is 7. The molecule has 0 unspecified atom stereocenters. The van der Waals surface area contributed by atoms with Crippen molar-refractivity contribution in [3.05, 3.63) is 78.6 Å². The third-order valence-electron chi connectivity index (χ3n) is 4.79. The summed E-state index contributed by atoms with van der Waals surface area (Å²) in [4.78, 5) is 24.3. The van der Waals surface area contributed by atoms with E-state index in [1.807, 2.05) is 58.1 Å². The Balaban J connectivity index is 1.47. The Morgan fingerprint density at radius 3 is 2.35 bits per heavy atom. The smallest absolute Gasteiger partial charge is 0.338 e. The highest BCUT2D eigenvalue weighted by molar-refractivity contribution is 7.99. The Hall–Kier alpha value is -4.05. The van der Waals surface area contributed by atoms with Crippen molar-refractivity contribution in [3.63, 3.8) is 0 Å². The van der Waals surface area contributed by atoms with E-state index in [9.17, 15) is 9.59 Å². The summed E-state index contributed by atoms with van der Waals surface area (Å²) in [5.41, 5.74) is 1.88. The summed E-state index contributed by atoms with van der Waals surface area (Å²) in [7, 11) is 1.62. The van der Waals surface area contributed by atoms with Gasteiger partial charge in [-0.15, -0.1) is 10.2 Å². The highest BCUT2D eigenvalue weighted by atomic mass is 32.2. The zero-order valence-electron chi connectivity index (χ0n) is 18.7. The lowest BCUT2D eigenvalue weighted by molar-refractivity contribution is -0.113. The Morgan fingerprint density at radius 1 is 1.00 bits per heavy atom. The molecule has 174 valence electrons. The Kier molecular flexibility index (Phi) is 7.28. The van der Waals surface area contributed by atoms with Crippen LogP contribution in [0.4, 0.5) is 5.69 Å². The minimum atomic E-state index is -0.395. The van der Waals surface area contributed by atoms with Crippen molar-refractivity contribution < 1.29 is 19.1 Å². The van der Waals surface area contributed by atoms with Gasteiger partial charge in [0.1, 0.15) is 5.75 Å². The molecule has 0 saturated carbocycles. The van der Waals surface area contributed by atoms with Gasteiger partial charge >= 0.3 is 5.97 Å². The van der Waals surface area contributed by atoms with Gasteiger partial charge in [0, 0.05) is 23.6 Å². The maximum atomic E-state index is 12.6. The van der Waals surface area contributed by atoms with Gasteiger partial charge in [0.2, 0.25) is 11.1 Å². The predicted molar refractivity (Wildman–Crippen MR) is 129 cm³/mol. The number of thioether (sulfide) groups is 1. The summed E-state index contributed by atoms with van der Waals surface area (Å²) < 4.78 is 13.9. The van der Waals surface area contributed by atoms with Crippen LogP contribution in [-0.4, -0.2) is 50.9 Å². The van der Waals surface area contributed by atoms with Crippen molar-refractivity contribution in [1.82, 2.24) is 19.5 Å². The molecule has 0 radical (unpaired) electrons. The van der Waals surface area contributed by atoms with E-state index in [4.69, 9.17) is 9.47 Å². The van der Waals surface area contributed by atoms with Crippen LogP contribution in [0.2, 0.25) is 0 Å². The quantitative estimate of drug-likeness (QED) is 0.288. The molecular weight excluding hydrogens is 454 g/mol. The number of aromatic nitrogens is 4. The Bertz CT molecular complexity index is 1250. The number of carbonyl (C=O) groups is 2. The lowest BCUT2D eigenvalue weighted by atomic mass is 10.2. The summed E-state index contributed by atoms with van der Waals surface area (Å²) in [5, 5.41) is 12.1. The third-order valence-corrected chi connectivity index (χ3v) is 5.71. The van der Waals surface area contributed by atoms with Crippen LogP contribution in [0.1, 0.15) is 17.3 Å². The van der Waals surface area contributed by atoms with E-state index in [0.717, 1.165) is 11.3 Å². The van der Waals surface area contributed by atoms with Gasteiger partial charge in [-0.1, -0.05) is 11.8 Å². The fourth-order valence-electron chi connectivity index (χ4n) is 3.17. The van der Waals surface area contributed by atoms with Gasteiger partial charge in [-0.2, -0.15) is 0 Å². The maximum Gasteiger partial charge on any atom is 0.338 e. The largest absolute Gasteiger partial charge is 0.497 e. The van der Waals surface area contributed by atoms with Gasteiger partial charge in [0.25, 0.3) is 0 Å². The van der Waals surface area contributed by atoms with Crippen LogP contribution in [-0.2, 0) is 9.53 Å². The minimum absolute atomic E-state index is 0.127. The zero-order chi connectivity index (χ0) is 23.9. The SMILES string of the molecule is CCOC(=O)c1ccc(NC(=O)CSc2nnc(-c3ccc(OC)cc3)n2-n2cccc2)cc1. The second-order valence-electron chi connectivity index (χ2n) is 7.04. The average molecular weight is 478 g/mol. The van der Waals surface area contributed by atoms with Gasteiger partial charge in [-0.25, -0.2) is 9.47 Å².